The Morgan fingerprint density at radius 2 is 0.941 bits per heavy atom. The smallest absolute Gasteiger partial charge is 0.394 e. The highest BCUT2D eigenvalue weighted by atomic mass is 19.4. The van der Waals surface area contributed by atoms with Crippen LogP contribution in [0.5, 0.6) is 0 Å². The first-order chi connectivity index (χ1) is 7.62. The van der Waals surface area contributed by atoms with Crippen molar-refractivity contribution in [3.05, 3.63) is 0 Å². The second-order valence-electron chi connectivity index (χ2n) is 2.85. The number of ether oxygens (including phenoxy) is 1. The van der Waals surface area contributed by atoms with E-state index in [1.54, 1.807) is 4.74 Å². The van der Waals surface area contributed by atoms with Gasteiger partial charge in [0.25, 0.3) is 0 Å². The molecule has 1 aliphatic carbocycles. The van der Waals surface area contributed by atoms with Gasteiger partial charge in [-0.25, -0.2) is 0 Å². The van der Waals surface area contributed by atoms with Crippen LogP contribution in [0.2, 0.25) is 0 Å². The van der Waals surface area contributed by atoms with Crippen LogP contribution in [0, 0.1) is 0 Å². The first-order valence-electron chi connectivity index (χ1n) is 4.67. The van der Waals surface area contributed by atoms with Gasteiger partial charge in [0.05, 0.1) is 13.2 Å². The van der Waals surface area contributed by atoms with Gasteiger partial charge >= 0.3 is 12.7 Å². The predicted molar refractivity (Wildman–Crippen MR) is 45.8 cm³/mol. The molecule has 0 aromatic rings. The molecule has 0 aromatic carbocycles. The number of aliphatic hydroxyl groups is 2. The highest BCUT2D eigenvalue weighted by Gasteiger charge is 2.45. The Balaban J connectivity index is 0. The van der Waals surface area contributed by atoms with Crippen molar-refractivity contribution in [2.24, 2.45) is 0 Å². The topological polar surface area (TPSA) is 49.7 Å². The van der Waals surface area contributed by atoms with Crippen LogP contribution in [-0.2, 0) is 4.74 Å². The number of aliphatic hydroxyl groups excluding tert-OH is 2. The molecule has 0 amide bonds. The van der Waals surface area contributed by atoms with E-state index < -0.39 is 12.7 Å². The van der Waals surface area contributed by atoms with E-state index in [9.17, 15) is 26.3 Å². The van der Waals surface area contributed by atoms with Crippen molar-refractivity contribution < 1.29 is 41.3 Å². The van der Waals surface area contributed by atoms with Gasteiger partial charge in [0.2, 0.25) is 0 Å². The van der Waals surface area contributed by atoms with Gasteiger partial charge in [-0.1, -0.05) is 25.7 Å². The molecule has 0 radical (unpaired) electrons. The van der Waals surface area contributed by atoms with Crippen molar-refractivity contribution in [3.8, 4) is 0 Å². The third-order valence-electron chi connectivity index (χ3n) is 1.33. The summed E-state index contributed by atoms with van der Waals surface area (Å²) in [6.45, 7) is -0.250. The summed E-state index contributed by atoms with van der Waals surface area (Å²) in [5, 5.41) is 15.2. The molecule has 0 unspecified atom stereocenters. The second-order valence-corrected chi connectivity index (χ2v) is 2.85. The molecule has 0 saturated heterocycles. The van der Waals surface area contributed by atoms with E-state index in [1.165, 1.54) is 25.7 Å². The number of hydrogen-bond acceptors (Lipinski definition) is 3. The summed E-state index contributed by atoms with van der Waals surface area (Å²) in [6.07, 6.45) is -5.28. The Hall–Kier alpha value is -0.540. The summed E-state index contributed by atoms with van der Waals surface area (Å²) in [4.78, 5) is 0. The average molecular weight is 272 g/mol. The molecule has 0 spiro atoms. The Labute approximate surface area is 94.0 Å². The van der Waals surface area contributed by atoms with Crippen LogP contribution in [0.4, 0.5) is 26.3 Å². The van der Waals surface area contributed by atoms with Crippen molar-refractivity contribution in [2.75, 3.05) is 13.2 Å². The minimum absolute atomic E-state index is 0.125. The number of halogens is 6. The summed E-state index contributed by atoms with van der Waals surface area (Å²) >= 11 is 0. The Bertz CT molecular complexity index is 146. The molecule has 17 heavy (non-hydrogen) atoms. The molecule has 3 nitrogen and oxygen atoms in total. The van der Waals surface area contributed by atoms with Gasteiger partial charge in [0.15, 0.2) is 0 Å². The van der Waals surface area contributed by atoms with E-state index in [0.717, 1.165) is 0 Å². The molecule has 1 rings (SSSR count). The van der Waals surface area contributed by atoms with E-state index in [-0.39, 0.29) is 13.2 Å². The van der Waals surface area contributed by atoms with Crippen LogP contribution < -0.4 is 0 Å². The molecule has 0 bridgehead atoms. The van der Waals surface area contributed by atoms with Gasteiger partial charge < -0.3 is 10.2 Å². The monoisotopic (exact) mass is 272 g/mol. The number of alkyl halides is 6. The summed E-state index contributed by atoms with van der Waals surface area (Å²) in [5.41, 5.74) is 0. The van der Waals surface area contributed by atoms with Crippen molar-refractivity contribution in [1.82, 2.24) is 0 Å². The Morgan fingerprint density at radius 1 is 0.706 bits per heavy atom. The van der Waals surface area contributed by atoms with E-state index in [4.69, 9.17) is 10.2 Å². The third kappa shape index (κ3) is 25.6. The van der Waals surface area contributed by atoms with E-state index in [1.807, 2.05) is 0 Å². The van der Waals surface area contributed by atoms with Gasteiger partial charge in [0.1, 0.15) is 0 Å². The first-order valence-corrected chi connectivity index (χ1v) is 4.67. The van der Waals surface area contributed by atoms with Gasteiger partial charge in [-0.05, 0) is 0 Å². The predicted octanol–water partition coefficient (Wildman–Crippen LogP) is 2.57. The Kier molecular flexibility index (Phi) is 10.5. The molecule has 1 aliphatic rings. The van der Waals surface area contributed by atoms with Crippen LogP contribution in [0.3, 0.4) is 0 Å². The van der Waals surface area contributed by atoms with E-state index in [0.29, 0.717) is 0 Å². The fourth-order valence-electron chi connectivity index (χ4n) is 0.381. The molecular weight excluding hydrogens is 258 g/mol. The summed E-state index contributed by atoms with van der Waals surface area (Å²) in [6, 6.07) is 0. The maximum absolute atomic E-state index is 10.6. The lowest BCUT2D eigenvalue weighted by molar-refractivity contribution is -0.463. The molecular formula is C8H14F6O3. The number of rotatable bonds is 1. The van der Waals surface area contributed by atoms with Crippen LogP contribution in [0.1, 0.15) is 25.7 Å². The largest absolute Gasteiger partial charge is 0.529 e. The highest BCUT2D eigenvalue weighted by Crippen LogP contribution is 2.28. The third-order valence-corrected chi connectivity index (χ3v) is 1.33. The average Bonchev–Trinajstić information content (AvgIpc) is 1.94. The molecule has 0 aliphatic heterocycles. The molecule has 1 saturated carbocycles. The quantitative estimate of drug-likeness (QED) is 0.721. The van der Waals surface area contributed by atoms with E-state index >= 15 is 0 Å². The molecule has 2 N–H and O–H groups in total. The van der Waals surface area contributed by atoms with Crippen LogP contribution in [0.25, 0.3) is 0 Å². The van der Waals surface area contributed by atoms with Gasteiger partial charge in [-0.3, -0.25) is 0 Å². The summed E-state index contributed by atoms with van der Waals surface area (Å²) in [5.74, 6) is 0. The molecule has 106 valence electrons. The fourth-order valence-corrected chi connectivity index (χ4v) is 0.381. The van der Waals surface area contributed by atoms with Crippen molar-refractivity contribution in [1.29, 1.82) is 0 Å². The molecule has 9 heteroatoms. The maximum atomic E-state index is 10.6. The van der Waals surface area contributed by atoms with Crippen LogP contribution >= 0.6 is 0 Å². The van der Waals surface area contributed by atoms with Crippen LogP contribution in [0.15, 0.2) is 0 Å². The molecule has 0 aromatic heterocycles. The lowest BCUT2D eigenvalue weighted by atomic mass is 10.0. The summed E-state index contributed by atoms with van der Waals surface area (Å²) < 4.78 is 65.3. The van der Waals surface area contributed by atoms with Gasteiger partial charge in [-0.15, -0.1) is 26.3 Å². The zero-order chi connectivity index (χ0) is 13.9. The minimum atomic E-state index is -5.64. The van der Waals surface area contributed by atoms with E-state index in [2.05, 4.69) is 0 Å². The van der Waals surface area contributed by atoms with Crippen molar-refractivity contribution in [3.63, 3.8) is 0 Å². The number of hydrogen-bond donors (Lipinski definition) is 2. The zero-order valence-corrected chi connectivity index (χ0v) is 8.81. The lowest BCUT2D eigenvalue weighted by Gasteiger charge is -2.08. The van der Waals surface area contributed by atoms with Gasteiger partial charge in [0, 0.05) is 0 Å². The van der Waals surface area contributed by atoms with Gasteiger partial charge in [-0.2, -0.15) is 4.74 Å². The standard InChI is InChI=1S/C4H8.C2F6O.C2H6O2/c1-2-4-3-1;3-1(4,5)9-2(6,7)8;3-1-2-4/h1-4H2;;3-4H,1-2H2. The second kappa shape index (κ2) is 9.49. The highest BCUT2D eigenvalue weighted by molar-refractivity contribution is 4.50. The first kappa shape index (κ1) is 18.8. The zero-order valence-electron chi connectivity index (χ0n) is 8.81. The van der Waals surface area contributed by atoms with Crippen LogP contribution in [-0.4, -0.2) is 36.2 Å². The van der Waals surface area contributed by atoms with Crippen molar-refractivity contribution >= 4 is 0 Å². The molecule has 1 fully saturated rings. The Morgan fingerprint density at radius 3 is 0.941 bits per heavy atom. The maximum Gasteiger partial charge on any atom is 0.529 e. The fraction of sp³-hybridized carbons (Fsp3) is 1.00. The molecule has 0 atom stereocenters. The molecule has 0 heterocycles. The minimum Gasteiger partial charge on any atom is -0.394 e. The SMILES string of the molecule is C1CCC1.FC(F)(F)OC(F)(F)F.OCCO. The van der Waals surface area contributed by atoms with Crippen molar-refractivity contribution in [2.45, 2.75) is 38.4 Å². The summed E-state index contributed by atoms with van der Waals surface area (Å²) in [7, 11) is 0. The normalized spacial score (nSPS) is 14.8. The lowest BCUT2D eigenvalue weighted by Crippen LogP contribution is -2.25.